The van der Waals surface area contributed by atoms with Gasteiger partial charge in [-0.05, 0) is 56.0 Å². The predicted octanol–water partition coefficient (Wildman–Crippen LogP) is 4.73. The molecule has 1 aromatic heterocycles. The van der Waals surface area contributed by atoms with Crippen LogP contribution in [0.25, 0.3) is 10.9 Å². The first-order valence-corrected chi connectivity index (χ1v) is 12.1. The Morgan fingerprint density at radius 2 is 2.06 bits per heavy atom. The zero-order chi connectivity index (χ0) is 22.5. The van der Waals surface area contributed by atoms with Crippen LogP contribution >= 0.6 is 11.8 Å². The van der Waals surface area contributed by atoms with Crippen LogP contribution in [0.5, 0.6) is 5.75 Å². The van der Waals surface area contributed by atoms with E-state index in [0.717, 1.165) is 43.1 Å². The van der Waals surface area contributed by atoms with Crippen molar-refractivity contribution in [2.75, 3.05) is 42.8 Å². The Labute approximate surface area is 192 Å². The molecule has 0 radical (unpaired) electrons. The van der Waals surface area contributed by atoms with Crippen LogP contribution < -0.4 is 15.0 Å². The monoisotopic (exact) mass is 449 g/mol. The lowest BCUT2D eigenvalue weighted by Crippen LogP contribution is -2.36. The van der Waals surface area contributed by atoms with Crippen LogP contribution in [0.15, 0.2) is 36.5 Å². The van der Waals surface area contributed by atoms with E-state index in [1.54, 1.807) is 24.0 Å². The minimum atomic E-state index is -0.0686. The molecular weight excluding hydrogens is 422 g/mol. The summed E-state index contributed by atoms with van der Waals surface area (Å²) in [6, 6.07) is 12.2. The summed E-state index contributed by atoms with van der Waals surface area (Å²) < 4.78 is 11.4. The van der Waals surface area contributed by atoms with Crippen LogP contribution in [0.2, 0.25) is 0 Å². The van der Waals surface area contributed by atoms with E-state index in [9.17, 15) is 5.26 Å². The Hall–Kier alpha value is -3.02. The number of rotatable bonds is 7. The number of nitriles is 1. The highest BCUT2D eigenvalue weighted by Gasteiger charge is 2.16. The van der Waals surface area contributed by atoms with E-state index < -0.39 is 0 Å². The van der Waals surface area contributed by atoms with Crippen LogP contribution in [0.1, 0.15) is 25.0 Å². The van der Waals surface area contributed by atoms with E-state index >= 15 is 0 Å². The van der Waals surface area contributed by atoms with E-state index in [1.165, 1.54) is 11.3 Å². The van der Waals surface area contributed by atoms with Crippen molar-refractivity contribution in [2.24, 2.45) is 0 Å². The van der Waals surface area contributed by atoms with Gasteiger partial charge in [0, 0.05) is 41.8 Å². The standard InChI is InChI=1S/C24H27N5O2S/c1-16(2)31-23-17(13-25)4-5-18-14-26-24(28-22(18)23)27-20-6-7-21(19(12-20)15-32-3)29-8-10-30-11-9-29/h4-7,12,14,16H,8-11,15H2,1-3H3,(H,26,27,28). The second-order valence-corrected chi connectivity index (χ2v) is 8.72. The SMILES string of the molecule is CSCc1cc(Nc2ncc3ccc(C#N)c(OC(C)C)c3n2)ccc1N1CCOCC1. The summed E-state index contributed by atoms with van der Waals surface area (Å²) in [6.07, 6.45) is 3.80. The molecule has 2 aromatic carbocycles. The Morgan fingerprint density at radius 3 is 2.78 bits per heavy atom. The molecule has 1 saturated heterocycles. The highest BCUT2D eigenvalue weighted by molar-refractivity contribution is 7.97. The lowest BCUT2D eigenvalue weighted by molar-refractivity contribution is 0.122. The lowest BCUT2D eigenvalue weighted by atomic mass is 10.1. The third-order valence-corrected chi connectivity index (χ3v) is 5.77. The quantitative estimate of drug-likeness (QED) is 0.554. The summed E-state index contributed by atoms with van der Waals surface area (Å²) in [5.41, 5.74) is 4.53. The van der Waals surface area contributed by atoms with E-state index in [-0.39, 0.29) is 6.10 Å². The molecule has 7 nitrogen and oxygen atoms in total. The van der Waals surface area contributed by atoms with Crippen LogP contribution in [-0.4, -0.2) is 48.6 Å². The van der Waals surface area contributed by atoms with E-state index in [2.05, 4.69) is 50.7 Å². The number of hydrogen-bond acceptors (Lipinski definition) is 8. The van der Waals surface area contributed by atoms with Gasteiger partial charge in [-0.2, -0.15) is 17.0 Å². The molecule has 4 rings (SSSR count). The van der Waals surface area contributed by atoms with Gasteiger partial charge >= 0.3 is 0 Å². The number of morpholine rings is 1. The van der Waals surface area contributed by atoms with Gasteiger partial charge in [0.05, 0.1) is 24.9 Å². The van der Waals surface area contributed by atoms with Gasteiger partial charge in [-0.15, -0.1) is 0 Å². The second-order valence-electron chi connectivity index (χ2n) is 7.85. The maximum Gasteiger partial charge on any atom is 0.227 e. The number of fused-ring (bicyclic) bond motifs is 1. The molecule has 2 heterocycles. The van der Waals surface area contributed by atoms with Crippen molar-refractivity contribution in [1.29, 1.82) is 5.26 Å². The van der Waals surface area contributed by atoms with Crippen molar-refractivity contribution < 1.29 is 9.47 Å². The molecule has 8 heteroatoms. The number of thioether (sulfide) groups is 1. The molecule has 3 aromatic rings. The molecule has 1 aliphatic rings. The van der Waals surface area contributed by atoms with Crippen molar-refractivity contribution >= 4 is 40.0 Å². The van der Waals surface area contributed by atoms with Gasteiger partial charge in [0.2, 0.25) is 5.95 Å². The second kappa shape index (κ2) is 10.1. The fraction of sp³-hybridized carbons (Fsp3) is 0.375. The summed E-state index contributed by atoms with van der Waals surface area (Å²) >= 11 is 1.80. The zero-order valence-electron chi connectivity index (χ0n) is 18.6. The first kappa shape index (κ1) is 22.2. The van der Waals surface area contributed by atoms with E-state index in [4.69, 9.17) is 9.47 Å². The van der Waals surface area contributed by atoms with Crippen LogP contribution in [0, 0.1) is 11.3 Å². The molecule has 0 aliphatic carbocycles. The molecule has 0 amide bonds. The summed E-state index contributed by atoms with van der Waals surface area (Å²) in [7, 11) is 0. The van der Waals surface area contributed by atoms with Gasteiger partial charge in [-0.25, -0.2) is 9.97 Å². The normalized spacial score (nSPS) is 13.9. The predicted molar refractivity (Wildman–Crippen MR) is 130 cm³/mol. The fourth-order valence-electron chi connectivity index (χ4n) is 3.75. The summed E-state index contributed by atoms with van der Waals surface area (Å²) in [4.78, 5) is 11.5. The van der Waals surface area contributed by atoms with E-state index in [0.29, 0.717) is 22.8 Å². The molecule has 0 bridgehead atoms. The number of nitrogens with one attached hydrogen (secondary N) is 1. The lowest BCUT2D eigenvalue weighted by Gasteiger charge is -2.31. The number of nitrogens with zero attached hydrogens (tertiary/aromatic N) is 4. The molecule has 1 fully saturated rings. The van der Waals surface area contributed by atoms with Crippen LogP contribution in [-0.2, 0) is 10.5 Å². The third-order valence-electron chi connectivity index (χ3n) is 5.17. The van der Waals surface area contributed by atoms with Crippen molar-refractivity contribution in [3.63, 3.8) is 0 Å². The molecular formula is C24H27N5O2S. The molecule has 32 heavy (non-hydrogen) atoms. The Bertz CT molecular complexity index is 1140. The minimum absolute atomic E-state index is 0.0686. The molecule has 0 unspecified atom stereocenters. The van der Waals surface area contributed by atoms with Gasteiger partial charge in [-0.1, -0.05) is 0 Å². The number of ether oxygens (including phenoxy) is 2. The Balaban J connectivity index is 1.66. The number of anilines is 3. The molecule has 0 spiro atoms. The van der Waals surface area contributed by atoms with Gasteiger partial charge in [0.15, 0.2) is 5.75 Å². The third kappa shape index (κ3) is 4.90. The molecule has 0 atom stereocenters. The number of aromatic nitrogens is 2. The van der Waals surface area contributed by atoms with Gasteiger partial charge in [-0.3, -0.25) is 0 Å². The highest BCUT2D eigenvalue weighted by atomic mass is 32.2. The van der Waals surface area contributed by atoms with Gasteiger partial charge < -0.3 is 19.7 Å². The van der Waals surface area contributed by atoms with E-state index in [1.807, 2.05) is 19.9 Å². The first-order valence-electron chi connectivity index (χ1n) is 10.7. The van der Waals surface area contributed by atoms with Crippen LogP contribution in [0.3, 0.4) is 0 Å². The average Bonchev–Trinajstić information content (AvgIpc) is 2.80. The number of hydrogen-bond donors (Lipinski definition) is 1. The average molecular weight is 450 g/mol. The molecule has 1 N–H and O–H groups in total. The summed E-state index contributed by atoms with van der Waals surface area (Å²) in [6.45, 7) is 7.20. The first-order chi connectivity index (χ1) is 15.6. The van der Waals surface area contributed by atoms with Crippen molar-refractivity contribution in [3.05, 3.63) is 47.7 Å². The van der Waals surface area contributed by atoms with Crippen molar-refractivity contribution in [3.8, 4) is 11.8 Å². The topological polar surface area (TPSA) is 83.3 Å². The molecule has 166 valence electrons. The largest absolute Gasteiger partial charge is 0.487 e. The molecule has 0 saturated carbocycles. The zero-order valence-corrected chi connectivity index (χ0v) is 19.4. The maximum absolute atomic E-state index is 9.51. The summed E-state index contributed by atoms with van der Waals surface area (Å²) in [5.74, 6) is 1.88. The molecule has 1 aliphatic heterocycles. The highest BCUT2D eigenvalue weighted by Crippen LogP contribution is 2.31. The minimum Gasteiger partial charge on any atom is -0.487 e. The summed E-state index contributed by atoms with van der Waals surface area (Å²) in [5, 5.41) is 13.7. The maximum atomic E-state index is 9.51. The van der Waals surface area contributed by atoms with Gasteiger partial charge in [0.1, 0.15) is 11.6 Å². The Morgan fingerprint density at radius 1 is 1.25 bits per heavy atom. The number of benzene rings is 2. The van der Waals surface area contributed by atoms with Crippen molar-refractivity contribution in [1.82, 2.24) is 9.97 Å². The van der Waals surface area contributed by atoms with Gasteiger partial charge in [0.25, 0.3) is 0 Å². The van der Waals surface area contributed by atoms with Crippen molar-refractivity contribution in [2.45, 2.75) is 25.7 Å². The fourth-order valence-corrected chi connectivity index (χ4v) is 4.29. The smallest absolute Gasteiger partial charge is 0.227 e. The Kier molecular flexibility index (Phi) is 6.98. The van der Waals surface area contributed by atoms with Crippen LogP contribution in [0.4, 0.5) is 17.3 Å².